The molecule has 1 amide bonds. The lowest BCUT2D eigenvalue weighted by atomic mass is 10.0. The predicted molar refractivity (Wildman–Crippen MR) is 95.9 cm³/mol. The summed E-state index contributed by atoms with van der Waals surface area (Å²) in [5, 5.41) is 0.504. The van der Waals surface area contributed by atoms with Gasteiger partial charge in [-0.1, -0.05) is 23.7 Å². The Kier molecular flexibility index (Phi) is 4.51. The van der Waals surface area contributed by atoms with Gasteiger partial charge in [0.1, 0.15) is 0 Å². The Morgan fingerprint density at radius 1 is 1.17 bits per heavy atom. The first kappa shape index (κ1) is 16.8. The molecule has 0 unspecified atom stereocenters. The van der Waals surface area contributed by atoms with Gasteiger partial charge in [-0.2, -0.15) is 0 Å². The van der Waals surface area contributed by atoms with E-state index in [1.807, 2.05) is 0 Å². The molecule has 0 aromatic heterocycles. The van der Waals surface area contributed by atoms with Gasteiger partial charge in [0.15, 0.2) is 0 Å². The number of fused-ring (bicyclic) bond motifs is 1. The molecule has 2 aromatic carbocycles. The fourth-order valence-corrected chi connectivity index (χ4v) is 4.17. The summed E-state index contributed by atoms with van der Waals surface area (Å²) in [6.45, 7) is 0. The molecule has 1 N–H and O–H groups in total. The van der Waals surface area contributed by atoms with E-state index in [1.54, 1.807) is 54.4 Å². The molecule has 3 rings (SSSR count). The molecule has 1 aliphatic heterocycles. The Labute approximate surface area is 146 Å². The second-order valence-electron chi connectivity index (χ2n) is 5.79. The van der Waals surface area contributed by atoms with Crippen LogP contribution in [-0.4, -0.2) is 21.4 Å². The lowest BCUT2D eigenvalue weighted by Gasteiger charge is -2.26. The number of nitrogens with one attached hydrogen (secondary N) is 1. The summed E-state index contributed by atoms with van der Waals surface area (Å²) in [6, 6.07) is 12.0. The Morgan fingerprint density at radius 3 is 2.71 bits per heavy atom. The number of anilines is 2. The lowest BCUT2D eigenvalue weighted by molar-refractivity contribution is -0.118. The number of halogens is 1. The Hall–Kier alpha value is -2.05. The predicted octanol–water partition coefficient (Wildman–Crippen LogP) is 3.19. The number of sulfonamides is 1. The van der Waals surface area contributed by atoms with Crippen molar-refractivity contribution in [2.75, 3.05) is 16.7 Å². The zero-order chi connectivity index (χ0) is 17.3. The fourth-order valence-electron chi connectivity index (χ4n) is 2.78. The van der Waals surface area contributed by atoms with Crippen LogP contribution in [0.2, 0.25) is 5.02 Å². The van der Waals surface area contributed by atoms with E-state index in [1.165, 1.54) is 0 Å². The standard InChI is InChI=1S/C17H17ClN2O3S/c1-20-16-7-6-15(10-13(16)5-8-17(20)21)19-24(22,23)11-12-3-2-4-14(18)9-12/h2-4,6-7,9-10,19H,5,8,11H2,1H3. The van der Waals surface area contributed by atoms with Gasteiger partial charge >= 0.3 is 0 Å². The second kappa shape index (κ2) is 6.45. The molecule has 24 heavy (non-hydrogen) atoms. The van der Waals surface area contributed by atoms with Crippen molar-refractivity contribution in [2.24, 2.45) is 0 Å². The number of hydrogen-bond acceptors (Lipinski definition) is 3. The Morgan fingerprint density at radius 2 is 1.96 bits per heavy atom. The van der Waals surface area contributed by atoms with Crippen LogP contribution in [0.25, 0.3) is 0 Å². The van der Waals surface area contributed by atoms with E-state index < -0.39 is 10.0 Å². The molecule has 2 aromatic rings. The van der Waals surface area contributed by atoms with Crippen LogP contribution >= 0.6 is 11.6 Å². The van der Waals surface area contributed by atoms with Crippen LogP contribution in [0.5, 0.6) is 0 Å². The van der Waals surface area contributed by atoms with E-state index in [4.69, 9.17) is 11.6 Å². The minimum Gasteiger partial charge on any atom is -0.315 e. The van der Waals surface area contributed by atoms with Crippen LogP contribution in [0.1, 0.15) is 17.5 Å². The zero-order valence-corrected chi connectivity index (χ0v) is 14.7. The molecule has 7 heteroatoms. The molecule has 5 nitrogen and oxygen atoms in total. The van der Waals surface area contributed by atoms with Gasteiger partial charge in [-0.15, -0.1) is 0 Å². The fraction of sp³-hybridized carbons (Fsp3) is 0.235. The van der Waals surface area contributed by atoms with Gasteiger partial charge in [-0.3, -0.25) is 9.52 Å². The summed E-state index contributed by atoms with van der Waals surface area (Å²) < 4.78 is 27.3. The Balaban J connectivity index is 1.79. The number of benzene rings is 2. The van der Waals surface area contributed by atoms with Crippen molar-refractivity contribution in [3.63, 3.8) is 0 Å². The largest absolute Gasteiger partial charge is 0.315 e. The van der Waals surface area contributed by atoms with E-state index in [0.717, 1.165) is 11.3 Å². The SMILES string of the molecule is CN1C(=O)CCc2cc(NS(=O)(=O)Cc3cccc(Cl)c3)ccc21. The maximum absolute atomic E-state index is 12.3. The first-order valence-electron chi connectivity index (χ1n) is 7.48. The molecule has 0 radical (unpaired) electrons. The lowest BCUT2D eigenvalue weighted by Crippen LogP contribution is -2.31. The maximum Gasteiger partial charge on any atom is 0.236 e. The molecule has 0 aliphatic carbocycles. The number of nitrogens with zero attached hydrogens (tertiary/aromatic N) is 1. The number of aryl methyl sites for hydroxylation is 1. The second-order valence-corrected chi connectivity index (χ2v) is 7.95. The average Bonchev–Trinajstić information content (AvgIpc) is 2.50. The van der Waals surface area contributed by atoms with Crippen molar-refractivity contribution in [3.8, 4) is 0 Å². The highest BCUT2D eigenvalue weighted by atomic mass is 35.5. The van der Waals surface area contributed by atoms with Crippen LogP contribution in [0.4, 0.5) is 11.4 Å². The summed E-state index contributed by atoms with van der Waals surface area (Å²) in [4.78, 5) is 13.3. The van der Waals surface area contributed by atoms with Crippen molar-refractivity contribution in [1.29, 1.82) is 0 Å². The van der Waals surface area contributed by atoms with Gasteiger partial charge in [0.05, 0.1) is 5.75 Å². The van der Waals surface area contributed by atoms with Crippen molar-refractivity contribution in [1.82, 2.24) is 0 Å². The van der Waals surface area contributed by atoms with Crippen LogP contribution in [0.3, 0.4) is 0 Å². The number of hydrogen-bond donors (Lipinski definition) is 1. The number of amides is 1. The molecule has 0 spiro atoms. The molecular formula is C17H17ClN2O3S. The minimum atomic E-state index is -3.54. The number of carbonyl (C=O) groups excluding carboxylic acids is 1. The van der Waals surface area contributed by atoms with Crippen LogP contribution in [0.15, 0.2) is 42.5 Å². The van der Waals surface area contributed by atoms with Gasteiger partial charge in [-0.05, 0) is 47.9 Å². The molecule has 1 aliphatic rings. The van der Waals surface area contributed by atoms with Gasteiger partial charge in [0.2, 0.25) is 15.9 Å². The highest BCUT2D eigenvalue weighted by Gasteiger charge is 2.21. The molecule has 0 atom stereocenters. The quantitative estimate of drug-likeness (QED) is 0.906. The highest BCUT2D eigenvalue weighted by molar-refractivity contribution is 7.91. The summed E-state index contributed by atoms with van der Waals surface area (Å²) >= 11 is 5.89. The first-order valence-corrected chi connectivity index (χ1v) is 9.51. The molecule has 0 bridgehead atoms. The summed E-state index contributed by atoms with van der Waals surface area (Å²) in [7, 11) is -1.82. The summed E-state index contributed by atoms with van der Waals surface area (Å²) in [6.07, 6.45) is 1.05. The van der Waals surface area contributed by atoms with E-state index >= 15 is 0 Å². The van der Waals surface area contributed by atoms with E-state index in [0.29, 0.717) is 29.1 Å². The topological polar surface area (TPSA) is 66.5 Å². The molecule has 0 fully saturated rings. The van der Waals surface area contributed by atoms with Crippen LogP contribution in [0, 0.1) is 0 Å². The maximum atomic E-state index is 12.3. The van der Waals surface area contributed by atoms with Crippen LogP contribution < -0.4 is 9.62 Å². The van der Waals surface area contributed by atoms with Gasteiger partial charge in [0.25, 0.3) is 0 Å². The van der Waals surface area contributed by atoms with Crippen LogP contribution in [-0.2, 0) is 27.0 Å². The molecule has 0 saturated carbocycles. The molecular weight excluding hydrogens is 348 g/mol. The molecule has 126 valence electrons. The third-order valence-corrected chi connectivity index (χ3v) is 5.44. The first-order chi connectivity index (χ1) is 11.3. The number of carbonyl (C=O) groups is 1. The van der Waals surface area contributed by atoms with Crippen molar-refractivity contribution >= 4 is 38.9 Å². The zero-order valence-electron chi connectivity index (χ0n) is 13.1. The Bertz CT molecular complexity index is 896. The van der Waals surface area contributed by atoms with Crippen molar-refractivity contribution < 1.29 is 13.2 Å². The van der Waals surface area contributed by atoms with E-state index in [2.05, 4.69) is 4.72 Å². The van der Waals surface area contributed by atoms with Gasteiger partial charge in [0, 0.05) is 29.9 Å². The van der Waals surface area contributed by atoms with Gasteiger partial charge < -0.3 is 4.90 Å². The number of rotatable bonds is 4. The molecule has 1 heterocycles. The van der Waals surface area contributed by atoms with Crippen molar-refractivity contribution in [2.45, 2.75) is 18.6 Å². The van der Waals surface area contributed by atoms with E-state index in [-0.39, 0.29) is 11.7 Å². The monoisotopic (exact) mass is 364 g/mol. The minimum absolute atomic E-state index is 0.0665. The van der Waals surface area contributed by atoms with Crippen molar-refractivity contribution in [3.05, 3.63) is 58.6 Å². The van der Waals surface area contributed by atoms with Gasteiger partial charge in [-0.25, -0.2) is 8.42 Å². The average molecular weight is 365 g/mol. The highest BCUT2D eigenvalue weighted by Crippen LogP contribution is 2.29. The smallest absolute Gasteiger partial charge is 0.236 e. The normalized spacial score (nSPS) is 14.4. The molecule has 0 saturated heterocycles. The third kappa shape index (κ3) is 3.71. The van der Waals surface area contributed by atoms with E-state index in [9.17, 15) is 13.2 Å². The summed E-state index contributed by atoms with van der Waals surface area (Å²) in [5.41, 5.74) is 2.90. The third-order valence-electron chi connectivity index (χ3n) is 3.94. The summed E-state index contributed by atoms with van der Waals surface area (Å²) in [5.74, 6) is -0.0833.